The van der Waals surface area contributed by atoms with Crippen molar-refractivity contribution in [2.75, 3.05) is 43.9 Å². The summed E-state index contributed by atoms with van der Waals surface area (Å²) >= 11 is 0. The van der Waals surface area contributed by atoms with E-state index in [9.17, 15) is 9.18 Å². The smallest absolute Gasteiger partial charge is 0.255 e. The first-order valence-corrected chi connectivity index (χ1v) is 13.6. The number of ether oxygens (including phenoxy) is 1. The molecule has 4 N–H and O–H groups in total. The minimum absolute atomic E-state index is 0.134. The summed E-state index contributed by atoms with van der Waals surface area (Å²) in [6.45, 7) is 5.87. The molecule has 1 aliphatic rings. The van der Waals surface area contributed by atoms with Gasteiger partial charge in [-0.1, -0.05) is 12.1 Å². The molecule has 0 saturated carbocycles. The van der Waals surface area contributed by atoms with Gasteiger partial charge in [-0.15, -0.1) is 0 Å². The Morgan fingerprint density at radius 2 is 1.93 bits per heavy atom. The van der Waals surface area contributed by atoms with Gasteiger partial charge in [0.15, 0.2) is 5.65 Å². The minimum Gasteiger partial charge on any atom is -0.496 e. The van der Waals surface area contributed by atoms with Crippen LogP contribution in [0.1, 0.15) is 21.5 Å². The molecule has 3 aromatic heterocycles. The van der Waals surface area contributed by atoms with Crippen molar-refractivity contribution in [3.8, 4) is 22.7 Å². The van der Waals surface area contributed by atoms with Crippen LogP contribution in [0, 0.1) is 12.7 Å². The Kier molecular flexibility index (Phi) is 7.36. The number of hydrogen-bond donors (Lipinski definition) is 3. The summed E-state index contributed by atoms with van der Waals surface area (Å²) in [4.78, 5) is 28.4. The molecule has 1 aliphatic heterocycles. The van der Waals surface area contributed by atoms with E-state index in [0.717, 1.165) is 60.4 Å². The zero-order valence-corrected chi connectivity index (χ0v) is 23.3. The van der Waals surface area contributed by atoms with Gasteiger partial charge in [0, 0.05) is 38.3 Å². The molecule has 214 valence electrons. The molecule has 0 unspecified atom stereocenters. The molecule has 0 bridgehead atoms. The molecule has 1 saturated heterocycles. The molecule has 2 aromatic carbocycles. The average molecular weight is 568 g/mol. The Morgan fingerprint density at radius 1 is 1.10 bits per heavy atom. The monoisotopic (exact) mass is 567 g/mol. The summed E-state index contributed by atoms with van der Waals surface area (Å²) in [5, 5.41) is 11.7. The Bertz CT molecular complexity index is 1770. The fourth-order valence-corrected chi connectivity index (χ4v) is 5.11. The predicted octanol–water partition coefficient (Wildman–Crippen LogP) is 3.26. The maximum atomic E-state index is 13.8. The third-order valence-electron chi connectivity index (χ3n) is 7.37. The lowest BCUT2D eigenvalue weighted by atomic mass is 10.0. The van der Waals surface area contributed by atoms with Crippen LogP contribution in [0.15, 0.2) is 61.1 Å². The first-order valence-electron chi connectivity index (χ1n) is 13.6. The van der Waals surface area contributed by atoms with Crippen molar-refractivity contribution in [1.29, 1.82) is 0 Å². The minimum atomic E-state index is -0.511. The van der Waals surface area contributed by atoms with E-state index in [2.05, 4.69) is 30.5 Å². The standard InChI is InChI=1S/C30H30FN9O2/c1-18-13-19(3-4-20(18)15-35-30(41)23-14-21(31)5-7-24(23)42-2)27-26-28(32)36-17-37-29(26)40(38-27)22-6-8-25(34-16-22)39-11-9-33-10-12-39/h3-8,13-14,16-17,33H,9-12,15H2,1-2H3,(H,35,41)(H2,32,36,37). The Morgan fingerprint density at radius 3 is 2.67 bits per heavy atom. The molecule has 5 aromatic rings. The zero-order chi connectivity index (χ0) is 29.2. The lowest BCUT2D eigenvalue weighted by molar-refractivity contribution is 0.0947. The Hall–Kier alpha value is -5.10. The first kappa shape index (κ1) is 27.1. The molecule has 12 heteroatoms. The maximum Gasteiger partial charge on any atom is 0.255 e. The van der Waals surface area contributed by atoms with Crippen LogP contribution in [0.2, 0.25) is 0 Å². The molecule has 1 fully saturated rings. The second-order valence-electron chi connectivity index (χ2n) is 10.00. The van der Waals surface area contributed by atoms with Crippen molar-refractivity contribution in [1.82, 2.24) is 35.4 Å². The van der Waals surface area contributed by atoms with Crippen LogP contribution >= 0.6 is 0 Å². The van der Waals surface area contributed by atoms with Gasteiger partial charge < -0.3 is 26.0 Å². The van der Waals surface area contributed by atoms with Crippen LogP contribution in [0.5, 0.6) is 5.75 Å². The van der Waals surface area contributed by atoms with Crippen LogP contribution in [-0.4, -0.2) is 63.9 Å². The van der Waals surface area contributed by atoms with Gasteiger partial charge in [-0.2, -0.15) is 5.10 Å². The summed E-state index contributed by atoms with van der Waals surface area (Å²) in [6, 6.07) is 13.6. The molecule has 42 heavy (non-hydrogen) atoms. The second-order valence-corrected chi connectivity index (χ2v) is 10.00. The number of nitrogens with zero attached hydrogens (tertiary/aromatic N) is 6. The molecule has 0 spiro atoms. The zero-order valence-electron chi connectivity index (χ0n) is 23.3. The predicted molar refractivity (Wildman–Crippen MR) is 158 cm³/mol. The number of aryl methyl sites for hydroxylation is 1. The second kappa shape index (κ2) is 11.4. The summed E-state index contributed by atoms with van der Waals surface area (Å²) in [5.74, 6) is 0.602. The maximum absolute atomic E-state index is 13.8. The quantitative estimate of drug-likeness (QED) is 0.271. The van der Waals surface area contributed by atoms with Gasteiger partial charge in [0.05, 0.1) is 29.9 Å². The van der Waals surface area contributed by atoms with Gasteiger partial charge >= 0.3 is 0 Å². The first-order chi connectivity index (χ1) is 20.4. The summed E-state index contributed by atoms with van der Waals surface area (Å²) < 4.78 is 20.7. The van der Waals surface area contributed by atoms with Crippen molar-refractivity contribution >= 4 is 28.6 Å². The molecule has 11 nitrogen and oxygen atoms in total. The Labute approximate surface area is 241 Å². The van der Waals surface area contributed by atoms with E-state index in [4.69, 9.17) is 15.6 Å². The van der Waals surface area contributed by atoms with Gasteiger partial charge in [0.25, 0.3) is 5.91 Å². The van der Waals surface area contributed by atoms with E-state index in [0.29, 0.717) is 28.3 Å². The number of rotatable bonds is 7. The fourth-order valence-electron chi connectivity index (χ4n) is 5.11. The van der Waals surface area contributed by atoms with Gasteiger partial charge in [0.1, 0.15) is 35.2 Å². The number of aromatic nitrogens is 5. The fraction of sp³-hybridized carbons (Fsp3) is 0.233. The van der Waals surface area contributed by atoms with E-state index in [1.54, 1.807) is 10.9 Å². The number of nitrogen functional groups attached to an aromatic ring is 1. The number of nitrogens with two attached hydrogens (primary N) is 1. The number of amides is 1. The van der Waals surface area contributed by atoms with E-state index < -0.39 is 11.7 Å². The molecular formula is C30H30FN9O2. The lowest BCUT2D eigenvalue weighted by Gasteiger charge is -2.28. The number of carbonyl (C=O) groups excluding carboxylic acids is 1. The number of pyridine rings is 1. The number of benzene rings is 2. The topological polar surface area (TPSA) is 136 Å². The van der Waals surface area contributed by atoms with Crippen LogP contribution in [0.4, 0.5) is 16.0 Å². The number of nitrogens with one attached hydrogen (secondary N) is 2. The van der Waals surface area contributed by atoms with Gasteiger partial charge in [0.2, 0.25) is 0 Å². The summed E-state index contributed by atoms with van der Waals surface area (Å²) in [6.07, 6.45) is 3.21. The third kappa shape index (κ3) is 5.19. The van der Waals surface area contributed by atoms with Crippen molar-refractivity contribution < 1.29 is 13.9 Å². The highest BCUT2D eigenvalue weighted by Crippen LogP contribution is 2.33. The van der Waals surface area contributed by atoms with Gasteiger partial charge in [-0.3, -0.25) is 4.79 Å². The largest absolute Gasteiger partial charge is 0.496 e. The number of fused-ring (bicyclic) bond motifs is 1. The number of piperazine rings is 1. The van der Waals surface area contributed by atoms with Crippen molar-refractivity contribution in [3.63, 3.8) is 0 Å². The third-order valence-corrected chi connectivity index (χ3v) is 7.37. The number of anilines is 2. The summed E-state index contributed by atoms with van der Waals surface area (Å²) in [5.41, 5.74) is 11.1. The van der Waals surface area contributed by atoms with Crippen LogP contribution in [-0.2, 0) is 6.54 Å². The van der Waals surface area contributed by atoms with Gasteiger partial charge in [-0.05, 0) is 54.4 Å². The lowest BCUT2D eigenvalue weighted by Crippen LogP contribution is -2.43. The molecule has 0 radical (unpaired) electrons. The normalized spacial score (nSPS) is 13.4. The number of halogens is 1. The molecule has 0 atom stereocenters. The number of hydrogen-bond acceptors (Lipinski definition) is 9. The highest BCUT2D eigenvalue weighted by atomic mass is 19.1. The van der Waals surface area contributed by atoms with E-state index >= 15 is 0 Å². The molecule has 6 rings (SSSR count). The van der Waals surface area contributed by atoms with Crippen LogP contribution < -0.4 is 26.0 Å². The van der Waals surface area contributed by atoms with Crippen LogP contribution in [0.3, 0.4) is 0 Å². The Balaban J connectivity index is 1.28. The van der Waals surface area contributed by atoms with Crippen LogP contribution in [0.25, 0.3) is 28.0 Å². The SMILES string of the molecule is COc1ccc(F)cc1C(=O)NCc1ccc(-c2nn(-c3ccc(N4CCNCC4)nc3)c3ncnc(N)c23)cc1C. The molecular weight excluding hydrogens is 537 g/mol. The highest BCUT2D eigenvalue weighted by molar-refractivity contribution is 5.99. The van der Waals surface area contributed by atoms with Crippen molar-refractivity contribution in [2.45, 2.75) is 13.5 Å². The van der Waals surface area contributed by atoms with E-state index in [1.165, 1.54) is 25.6 Å². The van der Waals surface area contributed by atoms with Crippen molar-refractivity contribution in [2.24, 2.45) is 0 Å². The number of methoxy groups -OCH3 is 1. The average Bonchev–Trinajstić information content (AvgIpc) is 3.42. The van der Waals surface area contributed by atoms with Gasteiger partial charge in [-0.25, -0.2) is 24.0 Å². The molecule has 4 heterocycles. The van der Waals surface area contributed by atoms with E-state index in [-0.39, 0.29) is 12.1 Å². The number of carbonyl (C=O) groups is 1. The van der Waals surface area contributed by atoms with E-state index in [1.807, 2.05) is 37.3 Å². The molecule has 1 amide bonds. The molecule has 0 aliphatic carbocycles. The van der Waals surface area contributed by atoms with Crippen molar-refractivity contribution in [3.05, 3.63) is 83.6 Å². The highest BCUT2D eigenvalue weighted by Gasteiger charge is 2.20. The summed E-state index contributed by atoms with van der Waals surface area (Å²) in [7, 11) is 1.44.